The Morgan fingerprint density at radius 1 is 1.45 bits per heavy atom. The maximum atomic E-state index is 12.1. The molecule has 0 saturated carbocycles. The van der Waals surface area contributed by atoms with Gasteiger partial charge in [-0.05, 0) is 0 Å². The third-order valence-electron chi connectivity index (χ3n) is 2.94. The van der Waals surface area contributed by atoms with Gasteiger partial charge in [0, 0.05) is 18.9 Å². The number of nitrogens with zero attached hydrogens (tertiary/aromatic N) is 2. The van der Waals surface area contributed by atoms with Crippen molar-refractivity contribution in [2.45, 2.75) is 6.10 Å². The molecule has 3 heterocycles. The Kier molecular flexibility index (Phi) is 3.77. The average Bonchev–Trinajstić information content (AvgIpc) is 2.84. The molecule has 20 heavy (non-hydrogen) atoms. The maximum Gasteiger partial charge on any atom is 0.263 e. The molecular formula is C12H14N4O3S. The molecule has 1 aliphatic rings. The summed E-state index contributed by atoms with van der Waals surface area (Å²) in [7, 11) is 0. The quantitative estimate of drug-likeness (QED) is 0.851. The minimum Gasteiger partial charge on any atom is -0.396 e. The Morgan fingerprint density at radius 3 is 3.05 bits per heavy atom. The van der Waals surface area contributed by atoms with E-state index >= 15 is 0 Å². The molecule has 0 aromatic carbocycles. The number of nitrogens with two attached hydrogens (primary N) is 1. The highest BCUT2D eigenvalue weighted by molar-refractivity contribution is 7.21. The highest BCUT2D eigenvalue weighted by Crippen LogP contribution is 2.30. The van der Waals surface area contributed by atoms with Gasteiger partial charge < -0.3 is 20.5 Å². The lowest BCUT2D eigenvalue weighted by Crippen LogP contribution is -2.39. The van der Waals surface area contributed by atoms with E-state index in [1.807, 2.05) is 0 Å². The van der Waals surface area contributed by atoms with Gasteiger partial charge in [0.05, 0.1) is 31.6 Å². The lowest BCUT2D eigenvalue weighted by molar-refractivity contribution is -0.0855. The van der Waals surface area contributed by atoms with Crippen LogP contribution in [0, 0.1) is 0 Å². The van der Waals surface area contributed by atoms with Crippen LogP contribution in [-0.4, -0.2) is 48.3 Å². The molecule has 2 aromatic heterocycles. The number of hydrogen-bond acceptors (Lipinski definition) is 7. The van der Waals surface area contributed by atoms with Crippen molar-refractivity contribution < 1.29 is 14.3 Å². The Hall–Kier alpha value is -1.77. The molecular weight excluding hydrogens is 280 g/mol. The predicted molar refractivity (Wildman–Crippen MR) is 74.7 cm³/mol. The van der Waals surface area contributed by atoms with Gasteiger partial charge in [0.2, 0.25) is 0 Å². The summed E-state index contributed by atoms with van der Waals surface area (Å²) >= 11 is 1.24. The van der Waals surface area contributed by atoms with Crippen molar-refractivity contribution in [2.24, 2.45) is 0 Å². The van der Waals surface area contributed by atoms with Crippen LogP contribution in [0.4, 0.5) is 5.69 Å². The molecule has 1 atom stereocenters. The van der Waals surface area contributed by atoms with Crippen LogP contribution in [0.25, 0.3) is 10.3 Å². The zero-order valence-electron chi connectivity index (χ0n) is 10.7. The molecule has 3 rings (SSSR count). The summed E-state index contributed by atoms with van der Waals surface area (Å²) in [5.74, 6) is -0.235. The largest absolute Gasteiger partial charge is 0.396 e. The number of hydrogen-bond donors (Lipinski definition) is 2. The Balaban J connectivity index is 1.70. The summed E-state index contributed by atoms with van der Waals surface area (Å²) in [6, 6.07) is 0. The highest BCUT2D eigenvalue weighted by atomic mass is 32.1. The fraction of sp³-hybridized carbons (Fsp3) is 0.417. The first-order valence-electron chi connectivity index (χ1n) is 6.22. The van der Waals surface area contributed by atoms with Gasteiger partial charge in [-0.15, -0.1) is 11.3 Å². The molecule has 1 amide bonds. The first-order chi connectivity index (χ1) is 9.75. The van der Waals surface area contributed by atoms with E-state index in [0.29, 0.717) is 47.3 Å². The number of carbonyl (C=O) groups excluding carboxylic acids is 1. The molecule has 7 nitrogen and oxygen atoms in total. The van der Waals surface area contributed by atoms with Crippen LogP contribution in [0.5, 0.6) is 0 Å². The number of amides is 1. The second kappa shape index (κ2) is 5.70. The van der Waals surface area contributed by atoms with Crippen molar-refractivity contribution >= 4 is 33.3 Å². The number of rotatable bonds is 3. The number of thiophene rings is 1. The summed E-state index contributed by atoms with van der Waals surface area (Å²) in [6.07, 6.45) is 3.02. The van der Waals surface area contributed by atoms with Crippen LogP contribution in [0.15, 0.2) is 12.4 Å². The molecule has 1 unspecified atom stereocenters. The fourth-order valence-corrected chi connectivity index (χ4v) is 2.89. The summed E-state index contributed by atoms with van der Waals surface area (Å²) in [6.45, 7) is 2.04. The van der Waals surface area contributed by atoms with Gasteiger partial charge in [-0.1, -0.05) is 0 Å². The Labute approximate surface area is 119 Å². The third kappa shape index (κ3) is 2.58. The van der Waals surface area contributed by atoms with E-state index in [0.717, 1.165) is 0 Å². The zero-order valence-corrected chi connectivity index (χ0v) is 11.5. The van der Waals surface area contributed by atoms with Gasteiger partial charge in [0.15, 0.2) is 0 Å². The molecule has 1 fully saturated rings. The van der Waals surface area contributed by atoms with Crippen molar-refractivity contribution in [3.8, 4) is 0 Å². The maximum absolute atomic E-state index is 12.1. The first-order valence-corrected chi connectivity index (χ1v) is 7.04. The zero-order chi connectivity index (χ0) is 13.9. The number of nitrogen functional groups attached to an aromatic ring is 1. The monoisotopic (exact) mass is 294 g/mol. The van der Waals surface area contributed by atoms with Crippen molar-refractivity contribution in [3.63, 3.8) is 0 Å². The van der Waals surface area contributed by atoms with E-state index in [2.05, 4.69) is 15.3 Å². The Morgan fingerprint density at radius 2 is 2.30 bits per heavy atom. The van der Waals surface area contributed by atoms with E-state index in [-0.39, 0.29) is 12.0 Å². The molecule has 1 aliphatic heterocycles. The van der Waals surface area contributed by atoms with Crippen LogP contribution < -0.4 is 11.1 Å². The lowest BCUT2D eigenvalue weighted by atomic mass is 10.3. The van der Waals surface area contributed by atoms with Gasteiger partial charge in [-0.25, -0.2) is 9.97 Å². The van der Waals surface area contributed by atoms with E-state index in [1.54, 1.807) is 12.4 Å². The average molecular weight is 294 g/mol. The van der Waals surface area contributed by atoms with E-state index in [9.17, 15) is 4.79 Å². The van der Waals surface area contributed by atoms with Crippen LogP contribution in [-0.2, 0) is 9.47 Å². The number of fused-ring (bicyclic) bond motifs is 1. The van der Waals surface area contributed by atoms with Gasteiger partial charge in [0.25, 0.3) is 5.91 Å². The SMILES string of the molecule is Nc1c(C(=O)NCC2COCCO2)sc2nccnc12. The highest BCUT2D eigenvalue weighted by Gasteiger charge is 2.20. The summed E-state index contributed by atoms with van der Waals surface area (Å²) in [5, 5.41) is 2.80. The van der Waals surface area contributed by atoms with Crippen LogP contribution in [0.1, 0.15) is 9.67 Å². The van der Waals surface area contributed by atoms with E-state index < -0.39 is 0 Å². The first kappa shape index (κ1) is 13.2. The van der Waals surface area contributed by atoms with Gasteiger partial charge in [0.1, 0.15) is 15.2 Å². The molecule has 0 radical (unpaired) electrons. The van der Waals surface area contributed by atoms with Crippen LogP contribution in [0.2, 0.25) is 0 Å². The second-order valence-electron chi connectivity index (χ2n) is 4.33. The predicted octanol–water partition coefficient (Wildman–Crippen LogP) is 0.419. The number of anilines is 1. The van der Waals surface area contributed by atoms with Gasteiger partial charge in [-0.2, -0.15) is 0 Å². The normalized spacial score (nSPS) is 19.1. The fourth-order valence-electron chi connectivity index (χ4n) is 1.95. The molecule has 2 aromatic rings. The van der Waals surface area contributed by atoms with Crippen molar-refractivity contribution in [2.75, 3.05) is 32.1 Å². The van der Waals surface area contributed by atoms with Crippen LogP contribution >= 0.6 is 11.3 Å². The van der Waals surface area contributed by atoms with Crippen molar-refractivity contribution in [1.29, 1.82) is 0 Å². The molecule has 0 bridgehead atoms. The number of aromatic nitrogens is 2. The van der Waals surface area contributed by atoms with Gasteiger partial charge in [-0.3, -0.25) is 4.79 Å². The van der Waals surface area contributed by atoms with E-state index in [1.165, 1.54) is 11.3 Å². The summed E-state index contributed by atoms with van der Waals surface area (Å²) in [4.78, 5) is 21.5. The number of carbonyl (C=O) groups is 1. The van der Waals surface area contributed by atoms with Crippen molar-refractivity contribution in [1.82, 2.24) is 15.3 Å². The second-order valence-corrected chi connectivity index (χ2v) is 5.33. The minimum atomic E-state index is -0.235. The van der Waals surface area contributed by atoms with Crippen LogP contribution in [0.3, 0.4) is 0 Å². The standard InChI is InChI=1S/C12H14N4O3S/c13-8-9-12(15-2-1-14-9)20-10(8)11(17)16-5-7-6-18-3-4-19-7/h1-2,7H,3-6,13H2,(H,16,17). The van der Waals surface area contributed by atoms with E-state index in [4.69, 9.17) is 15.2 Å². The number of ether oxygens (including phenoxy) is 2. The molecule has 106 valence electrons. The van der Waals surface area contributed by atoms with Gasteiger partial charge >= 0.3 is 0 Å². The topological polar surface area (TPSA) is 99.4 Å². The molecule has 0 spiro atoms. The lowest BCUT2D eigenvalue weighted by Gasteiger charge is -2.22. The molecule has 1 saturated heterocycles. The number of nitrogens with one attached hydrogen (secondary N) is 1. The molecule has 3 N–H and O–H groups in total. The Bertz CT molecular complexity index is 624. The van der Waals surface area contributed by atoms with Crippen molar-refractivity contribution in [3.05, 3.63) is 17.3 Å². The minimum absolute atomic E-state index is 0.112. The third-order valence-corrected chi connectivity index (χ3v) is 4.05. The summed E-state index contributed by atoms with van der Waals surface area (Å²) < 4.78 is 10.7. The summed E-state index contributed by atoms with van der Waals surface area (Å²) in [5.41, 5.74) is 6.88. The smallest absolute Gasteiger partial charge is 0.263 e. The molecule has 0 aliphatic carbocycles. The molecule has 8 heteroatoms.